The first-order chi connectivity index (χ1) is 8.77. The van der Waals surface area contributed by atoms with E-state index in [1.165, 1.54) is 0 Å². The second-order valence-corrected chi connectivity index (χ2v) is 5.23. The van der Waals surface area contributed by atoms with Crippen LogP contribution in [0.4, 0.5) is 0 Å². The van der Waals surface area contributed by atoms with Gasteiger partial charge in [-0.25, -0.2) is 4.79 Å². The molecule has 1 aromatic carbocycles. The maximum Gasteiger partial charge on any atom is 0.339 e. The van der Waals surface area contributed by atoms with Crippen molar-refractivity contribution in [1.29, 1.82) is 0 Å². The molecule has 1 fully saturated rings. The fraction of sp³-hybridized carbons (Fsp3) is 0.462. The summed E-state index contributed by atoms with van der Waals surface area (Å²) in [5.74, 6) is -0.242. The van der Waals surface area contributed by atoms with Gasteiger partial charge in [-0.05, 0) is 34.7 Å². The van der Waals surface area contributed by atoms with Crippen LogP contribution in [0.1, 0.15) is 10.4 Å². The van der Waals surface area contributed by atoms with Crippen LogP contribution in [-0.4, -0.2) is 50.3 Å². The summed E-state index contributed by atoms with van der Waals surface area (Å²) in [6, 6.07) is 7.45. The van der Waals surface area contributed by atoms with E-state index in [9.17, 15) is 4.79 Å². The molecule has 4 nitrogen and oxygen atoms in total. The lowest BCUT2D eigenvalue weighted by Crippen LogP contribution is -2.38. The Morgan fingerprint density at radius 3 is 2.78 bits per heavy atom. The Balaban J connectivity index is 1.76. The third kappa shape index (κ3) is 3.93. The number of morpholine rings is 1. The van der Waals surface area contributed by atoms with Gasteiger partial charge in [0.2, 0.25) is 0 Å². The zero-order chi connectivity index (χ0) is 12.8. The van der Waals surface area contributed by atoms with Gasteiger partial charge in [-0.1, -0.05) is 12.1 Å². The first-order valence-electron chi connectivity index (χ1n) is 5.99. The number of nitrogens with zero attached hydrogens (tertiary/aromatic N) is 1. The van der Waals surface area contributed by atoms with Crippen LogP contribution in [0.3, 0.4) is 0 Å². The first kappa shape index (κ1) is 13.8. The normalized spacial score (nSPS) is 16.5. The summed E-state index contributed by atoms with van der Waals surface area (Å²) in [4.78, 5) is 14.1. The first-order valence-corrected chi connectivity index (χ1v) is 7.07. The van der Waals surface area contributed by atoms with Gasteiger partial charge in [0.05, 0.1) is 18.8 Å². The molecule has 0 spiro atoms. The molecule has 0 N–H and O–H groups in total. The number of carbonyl (C=O) groups is 1. The van der Waals surface area contributed by atoms with E-state index in [2.05, 4.69) is 27.5 Å². The second kappa shape index (κ2) is 7.06. The summed E-state index contributed by atoms with van der Waals surface area (Å²) >= 11 is 2.14. The summed E-state index contributed by atoms with van der Waals surface area (Å²) < 4.78 is 11.5. The highest BCUT2D eigenvalue weighted by molar-refractivity contribution is 14.1. The van der Waals surface area contributed by atoms with Crippen molar-refractivity contribution in [2.75, 3.05) is 39.5 Å². The number of halogens is 1. The topological polar surface area (TPSA) is 38.8 Å². The van der Waals surface area contributed by atoms with Crippen LogP contribution in [0.2, 0.25) is 0 Å². The highest BCUT2D eigenvalue weighted by Gasteiger charge is 2.13. The van der Waals surface area contributed by atoms with Crippen LogP contribution in [0.25, 0.3) is 0 Å². The van der Waals surface area contributed by atoms with Crippen molar-refractivity contribution >= 4 is 28.6 Å². The predicted molar refractivity (Wildman–Crippen MR) is 76.7 cm³/mol. The van der Waals surface area contributed by atoms with E-state index >= 15 is 0 Å². The van der Waals surface area contributed by atoms with Gasteiger partial charge in [0.25, 0.3) is 0 Å². The molecular formula is C13H16INO3. The molecule has 1 saturated heterocycles. The number of ether oxygens (including phenoxy) is 2. The molecule has 0 radical (unpaired) electrons. The van der Waals surface area contributed by atoms with Gasteiger partial charge < -0.3 is 9.47 Å². The summed E-state index contributed by atoms with van der Waals surface area (Å²) in [5, 5.41) is 0. The van der Waals surface area contributed by atoms with Crippen molar-refractivity contribution in [3.8, 4) is 0 Å². The third-order valence-electron chi connectivity index (χ3n) is 2.84. The van der Waals surface area contributed by atoms with Crippen LogP contribution in [0.15, 0.2) is 24.3 Å². The Morgan fingerprint density at radius 1 is 1.33 bits per heavy atom. The molecule has 0 aromatic heterocycles. The van der Waals surface area contributed by atoms with Crippen LogP contribution in [-0.2, 0) is 9.47 Å². The zero-order valence-corrected chi connectivity index (χ0v) is 12.3. The van der Waals surface area contributed by atoms with Gasteiger partial charge in [-0.2, -0.15) is 0 Å². The maximum atomic E-state index is 11.8. The van der Waals surface area contributed by atoms with Gasteiger partial charge in [-0.15, -0.1) is 0 Å². The van der Waals surface area contributed by atoms with Crippen LogP contribution in [0, 0.1) is 3.57 Å². The van der Waals surface area contributed by atoms with Crippen LogP contribution in [0.5, 0.6) is 0 Å². The van der Waals surface area contributed by atoms with E-state index in [4.69, 9.17) is 9.47 Å². The Labute approximate surface area is 120 Å². The van der Waals surface area contributed by atoms with E-state index in [1.54, 1.807) is 6.07 Å². The lowest BCUT2D eigenvalue weighted by atomic mass is 10.2. The standard InChI is InChI=1S/C13H16INO3/c14-12-4-2-1-3-11(12)13(16)18-10-7-15-5-8-17-9-6-15/h1-4H,5-10H2. The van der Waals surface area contributed by atoms with E-state index in [0.717, 1.165) is 36.4 Å². The molecule has 0 bridgehead atoms. The van der Waals surface area contributed by atoms with E-state index < -0.39 is 0 Å². The SMILES string of the molecule is O=C(OCCN1CCOCC1)c1ccccc1I. The number of rotatable bonds is 4. The monoisotopic (exact) mass is 361 g/mol. The summed E-state index contributed by atoms with van der Waals surface area (Å²) in [6.45, 7) is 4.58. The number of carbonyl (C=O) groups excluding carboxylic acids is 1. The average Bonchev–Trinajstić information content (AvgIpc) is 2.40. The number of esters is 1. The van der Waals surface area contributed by atoms with Crippen molar-refractivity contribution in [2.24, 2.45) is 0 Å². The lowest BCUT2D eigenvalue weighted by Gasteiger charge is -2.26. The van der Waals surface area contributed by atoms with E-state index in [1.807, 2.05) is 18.2 Å². The van der Waals surface area contributed by atoms with Crippen LogP contribution < -0.4 is 0 Å². The molecule has 0 saturated carbocycles. The quantitative estimate of drug-likeness (QED) is 0.606. The zero-order valence-electron chi connectivity index (χ0n) is 10.1. The third-order valence-corrected chi connectivity index (χ3v) is 3.78. The van der Waals surface area contributed by atoms with Crippen molar-refractivity contribution in [3.63, 3.8) is 0 Å². The molecule has 18 heavy (non-hydrogen) atoms. The number of hydrogen-bond donors (Lipinski definition) is 0. The molecule has 0 atom stereocenters. The van der Waals surface area contributed by atoms with Gasteiger partial charge in [0, 0.05) is 23.2 Å². The minimum absolute atomic E-state index is 0.242. The fourth-order valence-electron chi connectivity index (χ4n) is 1.80. The largest absolute Gasteiger partial charge is 0.461 e. The van der Waals surface area contributed by atoms with Crippen molar-refractivity contribution in [1.82, 2.24) is 4.90 Å². The maximum absolute atomic E-state index is 11.8. The van der Waals surface area contributed by atoms with E-state index in [-0.39, 0.29) is 5.97 Å². The Bertz CT molecular complexity index is 405. The highest BCUT2D eigenvalue weighted by atomic mass is 127. The molecule has 0 aliphatic carbocycles. The molecule has 1 aromatic rings. The average molecular weight is 361 g/mol. The minimum atomic E-state index is -0.242. The van der Waals surface area contributed by atoms with Gasteiger partial charge >= 0.3 is 5.97 Å². The molecule has 0 amide bonds. The van der Waals surface area contributed by atoms with Crippen molar-refractivity contribution in [3.05, 3.63) is 33.4 Å². The molecule has 1 aliphatic heterocycles. The molecule has 0 unspecified atom stereocenters. The predicted octanol–water partition coefficient (Wildman–Crippen LogP) is 1.78. The summed E-state index contributed by atoms with van der Waals surface area (Å²) in [7, 11) is 0. The van der Waals surface area contributed by atoms with Gasteiger partial charge in [0.15, 0.2) is 0 Å². The number of hydrogen-bond acceptors (Lipinski definition) is 4. The number of benzene rings is 1. The summed E-state index contributed by atoms with van der Waals surface area (Å²) in [6.07, 6.45) is 0. The summed E-state index contributed by atoms with van der Waals surface area (Å²) in [5.41, 5.74) is 0.639. The fourth-order valence-corrected chi connectivity index (χ4v) is 2.40. The molecule has 1 aliphatic rings. The highest BCUT2D eigenvalue weighted by Crippen LogP contribution is 2.12. The lowest BCUT2D eigenvalue weighted by molar-refractivity contribution is 0.0195. The van der Waals surface area contributed by atoms with Gasteiger partial charge in [-0.3, -0.25) is 4.90 Å². The molecule has 5 heteroatoms. The van der Waals surface area contributed by atoms with Gasteiger partial charge in [0.1, 0.15) is 6.61 Å². The Hall–Kier alpha value is -0.660. The Morgan fingerprint density at radius 2 is 2.06 bits per heavy atom. The minimum Gasteiger partial charge on any atom is -0.461 e. The molecule has 98 valence electrons. The molecular weight excluding hydrogens is 345 g/mol. The molecule has 2 rings (SSSR count). The van der Waals surface area contributed by atoms with Crippen molar-refractivity contribution < 1.29 is 14.3 Å². The Kier molecular flexibility index (Phi) is 5.40. The van der Waals surface area contributed by atoms with Crippen molar-refractivity contribution in [2.45, 2.75) is 0 Å². The molecule has 1 heterocycles. The smallest absolute Gasteiger partial charge is 0.339 e. The van der Waals surface area contributed by atoms with E-state index in [0.29, 0.717) is 12.2 Å². The van der Waals surface area contributed by atoms with Crippen LogP contribution >= 0.6 is 22.6 Å². The second-order valence-electron chi connectivity index (χ2n) is 4.07.